The van der Waals surface area contributed by atoms with Crippen molar-refractivity contribution in [1.29, 1.82) is 0 Å². The minimum atomic E-state index is -1.08. The number of fused-ring (bicyclic) bond motifs is 3. The van der Waals surface area contributed by atoms with Gasteiger partial charge in [-0.15, -0.1) is 0 Å². The Labute approximate surface area is 236 Å². The van der Waals surface area contributed by atoms with Gasteiger partial charge in [-0.1, -0.05) is 49.4 Å². The third-order valence-corrected chi connectivity index (χ3v) is 8.26. The van der Waals surface area contributed by atoms with Crippen molar-refractivity contribution in [2.75, 3.05) is 23.5 Å². The number of imidazole rings is 1. The Bertz CT molecular complexity index is 1730. The molecule has 1 saturated carbocycles. The Hall–Kier alpha value is -3.81. The Morgan fingerprint density at radius 3 is 2.60 bits per heavy atom. The van der Waals surface area contributed by atoms with Gasteiger partial charge in [-0.3, -0.25) is 9.72 Å². The van der Waals surface area contributed by atoms with Gasteiger partial charge in [0, 0.05) is 41.3 Å². The smallest absolute Gasteiger partial charge is 0.324 e. The number of nitrogens with one attached hydrogen (secondary N) is 3. The second kappa shape index (κ2) is 9.98. The molecular weight excluding hydrogens is 550 g/mol. The van der Waals surface area contributed by atoms with Gasteiger partial charge in [0.05, 0.1) is 27.7 Å². The van der Waals surface area contributed by atoms with Crippen molar-refractivity contribution in [2.45, 2.75) is 44.6 Å². The molecule has 4 aromatic heterocycles. The molecule has 13 heteroatoms. The zero-order valence-electron chi connectivity index (χ0n) is 22.5. The lowest BCUT2D eigenvalue weighted by Gasteiger charge is -2.15. The van der Waals surface area contributed by atoms with Crippen molar-refractivity contribution < 1.29 is 18.3 Å². The molecule has 1 aliphatic rings. The number of thiazole rings is 1. The zero-order chi connectivity index (χ0) is 28.1. The Balaban J connectivity index is 1.11. The van der Waals surface area contributed by atoms with Gasteiger partial charge in [-0.2, -0.15) is 0 Å². The average molecular weight is 580 g/mol. The predicted molar refractivity (Wildman–Crippen MR) is 156 cm³/mol. The minimum absolute atomic E-state index is 0.198. The molecule has 0 aliphatic heterocycles. The van der Waals surface area contributed by atoms with Crippen LogP contribution >= 0.6 is 11.3 Å². The van der Waals surface area contributed by atoms with E-state index in [1.165, 1.54) is 11.3 Å². The Morgan fingerprint density at radius 1 is 1.15 bits per heavy atom. The quantitative estimate of drug-likeness (QED) is 0.226. The molecule has 1 fully saturated rings. The highest BCUT2D eigenvalue weighted by Crippen LogP contribution is 2.36. The number of ether oxygens (including phenoxy) is 1. The van der Waals surface area contributed by atoms with Gasteiger partial charge >= 0.3 is 6.03 Å². The minimum Gasteiger partial charge on any atom is -0.476 e. The Morgan fingerprint density at radius 2 is 1.93 bits per heavy atom. The van der Waals surface area contributed by atoms with Gasteiger partial charge in [0.1, 0.15) is 17.2 Å². The summed E-state index contributed by atoms with van der Waals surface area (Å²) in [5.41, 5.74) is 2.91. The van der Waals surface area contributed by atoms with Crippen LogP contribution in [0.25, 0.3) is 26.6 Å². The van der Waals surface area contributed by atoms with E-state index in [1.807, 2.05) is 67.8 Å². The van der Waals surface area contributed by atoms with Gasteiger partial charge in [0.25, 0.3) is 0 Å². The molecule has 1 unspecified atom stereocenters. The van der Waals surface area contributed by atoms with E-state index in [9.17, 15) is 9.00 Å². The number of nitrogens with zero attached hydrogens (tertiary/aromatic N) is 4. The first-order valence-electron chi connectivity index (χ1n) is 12.8. The third kappa shape index (κ3) is 5.58. The van der Waals surface area contributed by atoms with Gasteiger partial charge in [-0.25, -0.2) is 23.7 Å². The van der Waals surface area contributed by atoms with E-state index >= 15 is 0 Å². The number of carbonyl (C=O) groups is 1. The molecule has 40 heavy (non-hydrogen) atoms. The molecular formula is C27H29N7O4S2. The van der Waals surface area contributed by atoms with Crippen LogP contribution in [0, 0.1) is 0 Å². The molecule has 208 valence electrons. The molecule has 0 spiro atoms. The molecule has 0 bridgehead atoms. The summed E-state index contributed by atoms with van der Waals surface area (Å²) >= 11 is 1.48. The molecule has 1 aromatic carbocycles. The summed E-state index contributed by atoms with van der Waals surface area (Å²) in [5, 5.41) is 9.41. The standard InChI is InChI=1S/C27H29N7O4S2/c1-26(2,3)20-13-21(32-38-20)30-24(35)28-17-7-5-16(6-8-17)18-14-34-19-9-10-22(31-23(19)39-25(34)29-18)37-15-27(11-12-27)33-40(4)36/h5-10,13-14,33H,11-12,15H2,1-4H3,(H2,28,30,32,35). The summed E-state index contributed by atoms with van der Waals surface area (Å²) in [4.78, 5) is 23.5. The molecule has 4 heterocycles. The average Bonchev–Trinajstić information content (AvgIpc) is 3.20. The van der Waals surface area contributed by atoms with E-state index < -0.39 is 17.0 Å². The summed E-state index contributed by atoms with van der Waals surface area (Å²) in [6.07, 6.45) is 5.49. The van der Waals surface area contributed by atoms with Crippen molar-refractivity contribution >= 4 is 55.2 Å². The van der Waals surface area contributed by atoms with Crippen LogP contribution in [-0.2, 0) is 16.4 Å². The van der Waals surface area contributed by atoms with E-state index in [0.29, 0.717) is 29.8 Å². The number of amides is 2. The van der Waals surface area contributed by atoms with Crippen molar-refractivity contribution in [2.24, 2.45) is 0 Å². The summed E-state index contributed by atoms with van der Waals surface area (Å²) in [7, 11) is -1.08. The van der Waals surface area contributed by atoms with Gasteiger partial charge in [0.2, 0.25) is 5.88 Å². The highest BCUT2D eigenvalue weighted by molar-refractivity contribution is 7.82. The number of rotatable bonds is 8. The van der Waals surface area contributed by atoms with E-state index in [0.717, 1.165) is 39.4 Å². The first-order valence-corrected chi connectivity index (χ1v) is 15.1. The van der Waals surface area contributed by atoms with Crippen LogP contribution in [0.2, 0.25) is 0 Å². The summed E-state index contributed by atoms with van der Waals surface area (Å²) in [6, 6.07) is 12.6. The zero-order valence-corrected chi connectivity index (χ0v) is 24.1. The van der Waals surface area contributed by atoms with Crippen LogP contribution < -0.4 is 20.1 Å². The fourth-order valence-electron chi connectivity index (χ4n) is 4.22. The first kappa shape index (κ1) is 26.4. The predicted octanol–water partition coefficient (Wildman–Crippen LogP) is 5.34. The fourth-order valence-corrected chi connectivity index (χ4v) is 6.07. The summed E-state index contributed by atoms with van der Waals surface area (Å²) < 4.78 is 27.9. The molecule has 0 saturated heterocycles. The number of pyridine rings is 1. The van der Waals surface area contributed by atoms with Crippen LogP contribution in [0.3, 0.4) is 0 Å². The molecule has 1 aliphatic carbocycles. The molecule has 3 N–H and O–H groups in total. The molecule has 0 radical (unpaired) electrons. The first-order chi connectivity index (χ1) is 19.1. The normalized spacial score (nSPS) is 15.3. The molecule has 5 aromatic rings. The molecule has 6 rings (SSSR count). The van der Waals surface area contributed by atoms with Crippen LogP contribution in [-0.4, -0.2) is 48.2 Å². The van der Waals surface area contributed by atoms with E-state index in [-0.39, 0.29) is 11.0 Å². The maximum absolute atomic E-state index is 12.4. The number of aromatic nitrogens is 4. The van der Waals surface area contributed by atoms with Gasteiger partial charge in [-0.05, 0) is 31.0 Å². The van der Waals surface area contributed by atoms with Crippen LogP contribution in [0.5, 0.6) is 5.88 Å². The van der Waals surface area contributed by atoms with Crippen LogP contribution in [0.1, 0.15) is 39.4 Å². The fraction of sp³-hybridized carbons (Fsp3) is 0.333. The molecule has 1 atom stereocenters. The lowest BCUT2D eigenvalue weighted by atomic mass is 9.93. The van der Waals surface area contributed by atoms with Crippen molar-refractivity contribution in [3.05, 3.63) is 54.4 Å². The molecule has 11 nitrogen and oxygen atoms in total. The molecule has 2 amide bonds. The highest BCUT2D eigenvalue weighted by atomic mass is 32.2. The van der Waals surface area contributed by atoms with Crippen molar-refractivity contribution in [1.82, 2.24) is 24.2 Å². The van der Waals surface area contributed by atoms with Crippen molar-refractivity contribution in [3.8, 4) is 17.1 Å². The Kier molecular flexibility index (Phi) is 6.59. The largest absolute Gasteiger partial charge is 0.476 e. The van der Waals surface area contributed by atoms with E-state index in [4.69, 9.17) is 14.2 Å². The maximum atomic E-state index is 12.4. The highest BCUT2D eigenvalue weighted by Gasteiger charge is 2.44. The third-order valence-electron chi connectivity index (χ3n) is 6.58. The number of hydrogen-bond acceptors (Lipinski definition) is 8. The maximum Gasteiger partial charge on any atom is 0.324 e. The lowest BCUT2D eigenvalue weighted by molar-refractivity contribution is 0.261. The van der Waals surface area contributed by atoms with Gasteiger partial charge < -0.3 is 14.6 Å². The number of anilines is 2. The topological polar surface area (TPSA) is 136 Å². The second-order valence-electron chi connectivity index (χ2n) is 11.0. The van der Waals surface area contributed by atoms with Crippen molar-refractivity contribution in [3.63, 3.8) is 0 Å². The van der Waals surface area contributed by atoms with Crippen LogP contribution in [0.15, 0.2) is 53.2 Å². The number of benzene rings is 1. The number of carbonyl (C=O) groups excluding carboxylic acids is 1. The number of urea groups is 1. The number of hydrogen-bond donors (Lipinski definition) is 3. The lowest BCUT2D eigenvalue weighted by Crippen LogP contribution is -2.37. The SMILES string of the molecule is CS(=O)NC1(COc2ccc3c(n2)sc2nc(-c4ccc(NC(=O)Nc5cc(C(C)(C)C)on5)cc4)cn23)CC1. The second-order valence-corrected chi connectivity index (χ2v) is 13.0. The monoisotopic (exact) mass is 579 g/mol. The van der Waals surface area contributed by atoms with E-state index in [2.05, 4.69) is 25.5 Å². The van der Waals surface area contributed by atoms with Gasteiger partial charge in [0.15, 0.2) is 10.8 Å². The van der Waals surface area contributed by atoms with Crippen LogP contribution in [0.4, 0.5) is 16.3 Å². The summed E-state index contributed by atoms with van der Waals surface area (Å²) in [6.45, 7) is 6.46. The summed E-state index contributed by atoms with van der Waals surface area (Å²) in [5.74, 6) is 1.59. The van der Waals surface area contributed by atoms with E-state index in [1.54, 1.807) is 12.3 Å².